The summed E-state index contributed by atoms with van der Waals surface area (Å²) in [5.74, 6) is -2.11. The number of ether oxygens (including phenoxy) is 1. The smallest absolute Gasteiger partial charge is 0.315 e. The number of nitrogens with one attached hydrogen (secondary N) is 2. The van der Waals surface area contributed by atoms with Gasteiger partial charge >= 0.3 is 11.8 Å². The van der Waals surface area contributed by atoms with Crippen molar-refractivity contribution in [1.29, 1.82) is 0 Å². The predicted molar refractivity (Wildman–Crippen MR) is 84.1 cm³/mol. The first-order chi connectivity index (χ1) is 11.0. The molecule has 1 aromatic carbocycles. The second kappa shape index (κ2) is 7.55. The van der Waals surface area contributed by atoms with Crippen molar-refractivity contribution in [2.75, 3.05) is 17.2 Å². The highest BCUT2D eigenvalue weighted by Crippen LogP contribution is 2.18. The second-order valence-electron chi connectivity index (χ2n) is 4.33. The lowest BCUT2D eigenvalue weighted by molar-refractivity contribution is -0.133. The molecule has 0 aliphatic heterocycles. The zero-order chi connectivity index (χ0) is 16.8. The summed E-state index contributed by atoms with van der Waals surface area (Å²) in [7, 11) is 0. The number of carbonyl (C=O) groups is 2. The first-order valence-electron chi connectivity index (χ1n) is 6.67. The third-order valence-electron chi connectivity index (χ3n) is 2.64. The molecule has 0 fully saturated rings. The van der Waals surface area contributed by atoms with Crippen molar-refractivity contribution >= 4 is 34.9 Å². The zero-order valence-electron chi connectivity index (χ0n) is 12.1. The van der Waals surface area contributed by atoms with E-state index in [-0.39, 0.29) is 16.5 Å². The van der Waals surface area contributed by atoms with Crippen molar-refractivity contribution < 1.29 is 18.7 Å². The maximum absolute atomic E-state index is 13.3. The molecule has 0 radical (unpaired) electrons. The van der Waals surface area contributed by atoms with Crippen LogP contribution in [0.2, 0.25) is 5.02 Å². The molecule has 120 valence electrons. The van der Waals surface area contributed by atoms with Crippen molar-refractivity contribution in [2.45, 2.75) is 6.92 Å². The Morgan fingerprint density at radius 2 is 1.96 bits per heavy atom. The molecule has 0 spiro atoms. The third-order valence-corrected chi connectivity index (χ3v) is 2.95. The van der Waals surface area contributed by atoms with Crippen molar-refractivity contribution in [3.05, 3.63) is 47.2 Å². The molecule has 23 heavy (non-hydrogen) atoms. The van der Waals surface area contributed by atoms with Gasteiger partial charge in [0, 0.05) is 11.8 Å². The minimum Gasteiger partial charge on any atom is -0.478 e. The third kappa shape index (κ3) is 4.65. The molecule has 0 bridgehead atoms. The molecule has 6 nitrogen and oxygen atoms in total. The molecule has 1 aromatic heterocycles. The van der Waals surface area contributed by atoms with Crippen LogP contribution in [0.4, 0.5) is 15.9 Å². The summed E-state index contributed by atoms with van der Waals surface area (Å²) < 4.78 is 18.5. The van der Waals surface area contributed by atoms with Crippen LogP contribution >= 0.6 is 11.6 Å². The van der Waals surface area contributed by atoms with Crippen molar-refractivity contribution in [1.82, 2.24) is 4.98 Å². The van der Waals surface area contributed by atoms with Crippen LogP contribution in [0.1, 0.15) is 6.92 Å². The summed E-state index contributed by atoms with van der Waals surface area (Å²) in [6.45, 7) is 2.22. The SMILES string of the molecule is CCOc1cccc(NC(=O)C(=O)Nc2ccc(Cl)c(F)c2)n1. The average Bonchev–Trinajstić information content (AvgIpc) is 2.51. The first kappa shape index (κ1) is 16.7. The standard InChI is InChI=1S/C15H13ClFN3O3/c1-2-23-13-5-3-4-12(19-13)20-15(22)14(21)18-9-6-7-10(16)11(17)8-9/h3-8H,2H2,1H3,(H,18,21)(H,19,20,22). The quantitative estimate of drug-likeness (QED) is 0.841. The van der Waals surface area contributed by atoms with E-state index in [9.17, 15) is 14.0 Å². The number of hydrogen-bond acceptors (Lipinski definition) is 4. The van der Waals surface area contributed by atoms with Gasteiger partial charge in [-0.2, -0.15) is 4.98 Å². The summed E-state index contributed by atoms with van der Waals surface area (Å²) in [5, 5.41) is 4.51. The van der Waals surface area contributed by atoms with Gasteiger partial charge in [-0.1, -0.05) is 17.7 Å². The van der Waals surface area contributed by atoms with Gasteiger partial charge in [0.2, 0.25) is 5.88 Å². The number of amides is 2. The maximum atomic E-state index is 13.3. The number of rotatable bonds is 4. The fourth-order valence-corrected chi connectivity index (χ4v) is 1.77. The van der Waals surface area contributed by atoms with Gasteiger partial charge in [-0.25, -0.2) is 4.39 Å². The van der Waals surface area contributed by atoms with E-state index in [1.54, 1.807) is 19.1 Å². The highest BCUT2D eigenvalue weighted by Gasteiger charge is 2.15. The minimum absolute atomic E-state index is 0.0793. The van der Waals surface area contributed by atoms with Crippen LogP contribution in [0.15, 0.2) is 36.4 Å². The number of nitrogens with zero attached hydrogens (tertiary/aromatic N) is 1. The summed E-state index contributed by atoms with van der Waals surface area (Å²) in [6, 6.07) is 8.43. The summed E-state index contributed by atoms with van der Waals surface area (Å²) >= 11 is 5.54. The van der Waals surface area contributed by atoms with E-state index in [2.05, 4.69) is 15.6 Å². The molecule has 0 saturated heterocycles. The number of hydrogen-bond donors (Lipinski definition) is 2. The molecule has 2 N–H and O–H groups in total. The van der Waals surface area contributed by atoms with E-state index in [0.717, 1.165) is 6.07 Å². The number of aromatic nitrogens is 1. The molecule has 2 amide bonds. The Balaban J connectivity index is 2.01. The van der Waals surface area contributed by atoms with Crippen molar-refractivity contribution in [2.24, 2.45) is 0 Å². The molecule has 0 unspecified atom stereocenters. The van der Waals surface area contributed by atoms with Gasteiger partial charge in [-0.3, -0.25) is 9.59 Å². The maximum Gasteiger partial charge on any atom is 0.315 e. The molecule has 0 aliphatic carbocycles. The normalized spacial score (nSPS) is 10.0. The Labute approximate surface area is 136 Å². The van der Waals surface area contributed by atoms with Gasteiger partial charge < -0.3 is 15.4 Å². The van der Waals surface area contributed by atoms with Crippen LogP contribution < -0.4 is 15.4 Å². The summed E-state index contributed by atoms with van der Waals surface area (Å²) in [6.07, 6.45) is 0. The average molecular weight is 338 g/mol. The topological polar surface area (TPSA) is 80.3 Å². The van der Waals surface area contributed by atoms with E-state index in [1.807, 2.05) is 0 Å². The van der Waals surface area contributed by atoms with Gasteiger partial charge in [0.25, 0.3) is 0 Å². The summed E-state index contributed by atoms with van der Waals surface area (Å²) in [4.78, 5) is 27.6. The van der Waals surface area contributed by atoms with Gasteiger partial charge in [0.15, 0.2) is 0 Å². The molecule has 0 atom stereocenters. The van der Waals surface area contributed by atoms with Crippen molar-refractivity contribution in [3.63, 3.8) is 0 Å². The van der Waals surface area contributed by atoms with Gasteiger partial charge in [0.05, 0.1) is 11.6 Å². The Hall–Kier alpha value is -2.67. The Morgan fingerprint density at radius 1 is 1.22 bits per heavy atom. The van der Waals surface area contributed by atoms with Crippen LogP contribution in [-0.2, 0) is 9.59 Å². The van der Waals surface area contributed by atoms with Gasteiger partial charge in [0.1, 0.15) is 11.6 Å². The Morgan fingerprint density at radius 3 is 2.65 bits per heavy atom. The predicted octanol–water partition coefficient (Wildman–Crippen LogP) is 2.85. The monoisotopic (exact) mass is 337 g/mol. The second-order valence-corrected chi connectivity index (χ2v) is 4.74. The summed E-state index contributed by atoms with van der Waals surface area (Å²) in [5.41, 5.74) is 0.114. The van der Waals surface area contributed by atoms with E-state index in [0.29, 0.717) is 12.5 Å². The minimum atomic E-state index is -0.963. The molecule has 0 aliphatic rings. The lowest BCUT2D eigenvalue weighted by Gasteiger charge is -2.08. The number of benzene rings is 1. The van der Waals surface area contributed by atoms with Crippen LogP contribution in [-0.4, -0.2) is 23.4 Å². The molecule has 2 aromatic rings. The highest BCUT2D eigenvalue weighted by molar-refractivity contribution is 6.43. The molecular formula is C15H13ClFN3O3. The van der Waals surface area contributed by atoms with Crippen LogP contribution in [0.25, 0.3) is 0 Å². The van der Waals surface area contributed by atoms with Crippen LogP contribution in [0.5, 0.6) is 5.88 Å². The Bertz CT molecular complexity index is 740. The lowest BCUT2D eigenvalue weighted by Crippen LogP contribution is -2.29. The van der Waals surface area contributed by atoms with E-state index >= 15 is 0 Å². The largest absolute Gasteiger partial charge is 0.478 e. The number of carbonyl (C=O) groups excluding carboxylic acids is 2. The molecule has 1 heterocycles. The van der Waals surface area contributed by atoms with E-state index < -0.39 is 17.6 Å². The zero-order valence-corrected chi connectivity index (χ0v) is 12.9. The number of halogens is 2. The number of pyridine rings is 1. The van der Waals surface area contributed by atoms with Crippen molar-refractivity contribution in [3.8, 4) is 5.88 Å². The molecule has 8 heteroatoms. The van der Waals surface area contributed by atoms with Gasteiger partial charge in [-0.05, 0) is 31.2 Å². The Kier molecular flexibility index (Phi) is 5.48. The molecular weight excluding hydrogens is 325 g/mol. The molecule has 0 saturated carbocycles. The van der Waals surface area contributed by atoms with Gasteiger partial charge in [-0.15, -0.1) is 0 Å². The number of anilines is 2. The fourth-order valence-electron chi connectivity index (χ4n) is 1.65. The molecule has 2 rings (SSSR count). The van der Waals surface area contributed by atoms with E-state index in [1.165, 1.54) is 18.2 Å². The van der Waals surface area contributed by atoms with Crippen LogP contribution in [0.3, 0.4) is 0 Å². The van der Waals surface area contributed by atoms with Crippen LogP contribution in [0, 0.1) is 5.82 Å². The lowest BCUT2D eigenvalue weighted by atomic mass is 10.3. The highest BCUT2D eigenvalue weighted by atomic mass is 35.5. The van der Waals surface area contributed by atoms with E-state index in [4.69, 9.17) is 16.3 Å². The first-order valence-corrected chi connectivity index (χ1v) is 7.04. The fraction of sp³-hybridized carbons (Fsp3) is 0.133.